The van der Waals surface area contributed by atoms with Gasteiger partial charge >= 0.3 is 0 Å². The van der Waals surface area contributed by atoms with Crippen LogP contribution >= 0.6 is 22.7 Å². The van der Waals surface area contributed by atoms with Gasteiger partial charge in [-0.05, 0) is 42.8 Å². The Bertz CT molecular complexity index is 1260. The van der Waals surface area contributed by atoms with E-state index in [2.05, 4.69) is 15.6 Å². The van der Waals surface area contributed by atoms with Gasteiger partial charge in [-0.25, -0.2) is 13.4 Å². The molecule has 0 saturated heterocycles. The Morgan fingerprint density at radius 1 is 1.03 bits per heavy atom. The number of thiophene rings is 1. The summed E-state index contributed by atoms with van der Waals surface area (Å²) in [5, 5.41) is 7.01. The lowest BCUT2D eigenvalue weighted by molar-refractivity contribution is 0.0944. The zero-order valence-electron chi connectivity index (χ0n) is 16.2. The van der Waals surface area contributed by atoms with E-state index in [0.29, 0.717) is 4.88 Å². The molecule has 1 unspecified atom stereocenters. The van der Waals surface area contributed by atoms with Crippen LogP contribution in [0, 0.1) is 0 Å². The fourth-order valence-electron chi connectivity index (χ4n) is 2.90. The van der Waals surface area contributed by atoms with Crippen molar-refractivity contribution in [3.05, 3.63) is 71.1 Å². The number of nitrogens with one attached hydrogen (secondary N) is 2. The predicted octanol–water partition coefficient (Wildman–Crippen LogP) is 5.00. The minimum Gasteiger partial charge on any atom is -0.345 e. The van der Waals surface area contributed by atoms with Gasteiger partial charge in [-0.2, -0.15) is 0 Å². The molecule has 0 fully saturated rings. The maximum absolute atomic E-state index is 12.7. The standard InChI is InChI=1S/C21H19N3O3S3/c1-13(14-8-10-16(11-9-14)30(2,26)27)22-19(25)17-12-18-20(28-17)24-21(29-18)23-15-6-4-3-5-7-15/h3-13H,1-2H3,(H,22,25)(H,23,24). The first-order chi connectivity index (χ1) is 14.3. The topological polar surface area (TPSA) is 88.2 Å². The molecule has 0 aliphatic carbocycles. The summed E-state index contributed by atoms with van der Waals surface area (Å²) >= 11 is 2.85. The molecule has 30 heavy (non-hydrogen) atoms. The number of fused-ring (bicyclic) bond motifs is 1. The lowest BCUT2D eigenvalue weighted by Crippen LogP contribution is -2.25. The third-order valence-electron chi connectivity index (χ3n) is 4.49. The molecule has 0 bridgehead atoms. The van der Waals surface area contributed by atoms with Gasteiger partial charge in [0.2, 0.25) is 0 Å². The monoisotopic (exact) mass is 457 g/mol. The van der Waals surface area contributed by atoms with Gasteiger partial charge in [0.15, 0.2) is 15.0 Å². The van der Waals surface area contributed by atoms with Crippen LogP contribution in [0.2, 0.25) is 0 Å². The van der Waals surface area contributed by atoms with Crippen molar-refractivity contribution >= 4 is 58.8 Å². The summed E-state index contributed by atoms with van der Waals surface area (Å²) in [7, 11) is -3.24. The molecule has 0 radical (unpaired) electrons. The van der Waals surface area contributed by atoms with Gasteiger partial charge in [0.1, 0.15) is 4.83 Å². The Labute approximate surface area is 182 Å². The second-order valence-electron chi connectivity index (χ2n) is 6.83. The number of amides is 1. The number of nitrogens with zero attached hydrogens (tertiary/aromatic N) is 1. The Morgan fingerprint density at radius 2 is 1.73 bits per heavy atom. The van der Waals surface area contributed by atoms with E-state index >= 15 is 0 Å². The molecule has 154 valence electrons. The molecular formula is C21H19N3O3S3. The molecule has 4 rings (SSSR count). The maximum atomic E-state index is 12.7. The van der Waals surface area contributed by atoms with E-state index in [1.165, 1.54) is 28.9 Å². The smallest absolute Gasteiger partial charge is 0.261 e. The molecule has 4 aromatic rings. The van der Waals surface area contributed by atoms with Crippen molar-refractivity contribution < 1.29 is 13.2 Å². The molecule has 2 aromatic heterocycles. The lowest BCUT2D eigenvalue weighted by atomic mass is 10.1. The first-order valence-electron chi connectivity index (χ1n) is 9.13. The molecule has 2 heterocycles. The summed E-state index contributed by atoms with van der Waals surface area (Å²) in [5.41, 5.74) is 1.80. The Kier molecular flexibility index (Phi) is 5.59. The number of sulfone groups is 1. The lowest BCUT2D eigenvalue weighted by Gasteiger charge is -2.14. The Balaban J connectivity index is 1.44. The minimum atomic E-state index is -3.24. The largest absolute Gasteiger partial charge is 0.345 e. The van der Waals surface area contributed by atoms with E-state index < -0.39 is 9.84 Å². The van der Waals surface area contributed by atoms with Gasteiger partial charge in [0.25, 0.3) is 5.91 Å². The quantitative estimate of drug-likeness (QED) is 0.426. The normalized spacial score (nSPS) is 12.6. The summed E-state index contributed by atoms with van der Waals surface area (Å²) in [5.74, 6) is -0.178. The number of rotatable bonds is 6. The molecule has 0 saturated carbocycles. The van der Waals surface area contributed by atoms with Crippen LogP contribution in [0.25, 0.3) is 9.53 Å². The molecule has 2 aromatic carbocycles. The number of thiazole rings is 1. The summed E-state index contributed by atoms with van der Waals surface area (Å²) in [4.78, 5) is 18.9. The average molecular weight is 458 g/mol. The highest BCUT2D eigenvalue weighted by Crippen LogP contribution is 2.34. The number of anilines is 2. The number of hydrogen-bond acceptors (Lipinski definition) is 7. The number of carbonyl (C=O) groups is 1. The van der Waals surface area contributed by atoms with Crippen molar-refractivity contribution in [2.24, 2.45) is 0 Å². The van der Waals surface area contributed by atoms with E-state index in [1.54, 1.807) is 24.3 Å². The molecule has 9 heteroatoms. The Morgan fingerprint density at radius 3 is 2.37 bits per heavy atom. The van der Waals surface area contributed by atoms with Gasteiger partial charge in [-0.15, -0.1) is 11.3 Å². The summed E-state index contributed by atoms with van der Waals surface area (Å²) < 4.78 is 24.1. The van der Waals surface area contributed by atoms with Gasteiger partial charge in [-0.3, -0.25) is 4.79 Å². The molecule has 0 spiro atoms. The fraction of sp³-hybridized carbons (Fsp3) is 0.143. The number of aromatic nitrogens is 1. The van der Waals surface area contributed by atoms with Crippen molar-refractivity contribution in [1.29, 1.82) is 0 Å². The van der Waals surface area contributed by atoms with Crippen molar-refractivity contribution in [2.75, 3.05) is 11.6 Å². The number of carbonyl (C=O) groups excluding carboxylic acids is 1. The first kappa shape index (κ1) is 20.5. The van der Waals surface area contributed by atoms with Crippen molar-refractivity contribution in [3.8, 4) is 0 Å². The van der Waals surface area contributed by atoms with Crippen molar-refractivity contribution in [1.82, 2.24) is 10.3 Å². The molecule has 2 N–H and O–H groups in total. The van der Waals surface area contributed by atoms with E-state index in [9.17, 15) is 13.2 Å². The summed E-state index contributed by atoms with van der Waals surface area (Å²) in [6.07, 6.45) is 1.17. The number of benzene rings is 2. The Hall–Kier alpha value is -2.75. The van der Waals surface area contributed by atoms with E-state index in [1.807, 2.05) is 43.3 Å². The van der Waals surface area contributed by atoms with E-state index in [-0.39, 0.29) is 16.8 Å². The number of para-hydroxylation sites is 1. The van der Waals surface area contributed by atoms with Crippen LogP contribution in [-0.4, -0.2) is 25.6 Å². The van der Waals surface area contributed by atoms with Gasteiger partial charge in [0, 0.05) is 11.9 Å². The highest BCUT2D eigenvalue weighted by Gasteiger charge is 2.17. The summed E-state index contributed by atoms with van der Waals surface area (Å²) in [6, 6.07) is 18.0. The van der Waals surface area contributed by atoms with Crippen LogP contribution in [0.5, 0.6) is 0 Å². The average Bonchev–Trinajstić information content (AvgIpc) is 3.27. The fourth-order valence-corrected chi connectivity index (χ4v) is 5.57. The second-order valence-corrected chi connectivity index (χ2v) is 10.9. The molecule has 1 atom stereocenters. The van der Waals surface area contributed by atoms with Crippen LogP contribution in [0.1, 0.15) is 28.2 Å². The third kappa shape index (κ3) is 4.53. The van der Waals surface area contributed by atoms with Crippen LogP contribution in [-0.2, 0) is 9.84 Å². The van der Waals surface area contributed by atoms with E-state index in [0.717, 1.165) is 25.9 Å². The molecule has 0 aliphatic heterocycles. The molecule has 1 amide bonds. The van der Waals surface area contributed by atoms with Crippen LogP contribution in [0.15, 0.2) is 65.6 Å². The van der Waals surface area contributed by atoms with E-state index in [4.69, 9.17) is 0 Å². The van der Waals surface area contributed by atoms with Crippen molar-refractivity contribution in [2.45, 2.75) is 17.9 Å². The van der Waals surface area contributed by atoms with Gasteiger partial charge < -0.3 is 10.6 Å². The molecular weight excluding hydrogens is 438 g/mol. The van der Waals surface area contributed by atoms with Crippen molar-refractivity contribution in [3.63, 3.8) is 0 Å². The SMILES string of the molecule is CC(NC(=O)c1cc2sc(Nc3ccccc3)nc2s1)c1ccc(S(C)(=O)=O)cc1. The first-order valence-corrected chi connectivity index (χ1v) is 12.7. The maximum Gasteiger partial charge on any atom is 0.261 e. The second kappa shape index (κ2) is 8.17. The zero-order chi connectivity index (χ0) is 21.3. The van der Waals surface area contributed by atoms with Gasteiger partial charge in [0.05, 0.1) is 20.5 Å². The van der Waals surface area contributed by atoms with Crippen LogP contribution < -0.4 is 10.6 Å². The zero-order valence-corrected chi connectivity index (χ0v) is 18.7. The molecule has 0 aliphatic rings. The van der Waals surface area contributed by atoms with Crippen LogP contribution in [0.3, 0.4) is 0 Å². The predicted molar refractivity (Wildman–Crippen MR) is 123 cm³/mol. The molecule has 6 nitrogen and oxygen atoms in total. The highest BCUT2D eigenvalue weighted by molar-refractivity contribution is 7.90. The minimum absolute atomic E-state index is 0.178. The van der Waals surface area contributed by atoms with Crippen LogP contribution in [0.4, 0.5) is 10.8 Å². The number of hydrogen-bond donors (Lipinski definition) is 2. The van der Waals surface area contributed by atoms with Gasteiger partial charge in [-0.1, -0.05) is 41.7 Å². The highest BCUT2D eigenvalue weighted by atomic mass is 32.2. The third-order valence-corrected chi connectivity index (χ3v) is 7.70. The summed E-state index contributed by atoms with van der Waals surface area (Å²) in [6.45, 7) is 1.86.